The van der Waals surface area contributed by atoms with Crippen LogP contribution >= 0.6 is 0 Å². The Morgan fingerprint density at radius 2 is 1.12 bits per heavy atom. The van der Waals surface area contributed by atoms with Gasteiger partial charge in [-0.05, 0) is 58.1 Å². The van der Waals surface area contributed by atoms with Crippen molar-refractivity contribution in [3.63, 3.8) is 0 Å². The average molecular weight is 351 g/mol. The molecule has 0 saturated heterocycles. The van der Waals surface area contributed by atoms with Crippen molar-refractivity contribution in [2.45, 2.75) is 67.2 Å². The van der Waals surface area contributed by atoms with Gasteiger partial charge in [0.15, 0.2) is 0 Å². The fourth-order valence-corrected chi connectivity index (χ4v) is 3.42. The minimum absolute atomic E-state index is 0.320. The summed E-state index contributed by atoms with van der Waals surface area (Å²) < 4.78 is 0. The Morgan fingerprint density at radius 1 is 0.692 bits per heavy atom. The highest BCUT2D eigenvalue weighted by atomic mass is 14.8. The summed E-state index contributed by atoms with van der Waals surface area (Å²) in [5.41, 5.74) is 7.52. The Kier molecular flexibility index (Phi) is 6.39. The van der Waals surface area contributed by atoms with Crippen LogP contribution in [0.3, 0.4) is 0 Å². The first-order valence-corrected chi connectivity index (χ1v) is 9.87. The molecule has 1 aliphatic rings. The van der Waals surface area contributed by atoms with E-state index < -0.39 is 0 Å². The van der Waals surface area contributed by atoms with E-state index in [4.69, 9.17) is 10.4 Å². The van der Waals surface area contributed by atoms with Gasteiger partial charge in [-0.3, -0.25) is 0 Å². The van der Waals surface area contributed by atoms with E-state index in [-0.39, 0.29) is 0 Å². The molecular formula is C24H34N2. The van der Waals surface area contributed by atoms with Gasteiger partial charge < -0.3 is 5.41 Å². The van der Waals surface area contributed by atoms with Gasteiger partial charge in [0.1, 0.15) is 0 Å². The van der Waals surface area contributed by atoms with E-state index in [0.29, 0.717) is 29.4 Å². The summed E-state index contributed by atoms with van der Waals surface area (Å²) >= 11 is 0. The molecule has 1 aromatic rings. The molecule has 2 nitrogen and oxygen atoms in total. The Hall–Kier alpha value is -1.96. The maximum atomic E-state index is 8.56. The molecule has 0 atom stereocenters. The zero-order valence-corrected chi connectivity index (χ0v) is 17.6. The lowest BCUT2D eigenvalue weighted by molar-refractivity contribution is 0.773. The number of allylic oxidation sites excluding steroid dienone is 4. The predicted octanol–water partition coefficient (Wildman–Crippen LogP) is 7.20. The van der Waals surface area contributed by atoms with Crippen LogP contribution in [0.4, 0.5) is 5.69 Å². The van der Waals surface area contributed by atoms with Crippen molar-refractivity contribution < 1.29 is 0 Å². The van der Waals surface area contributed by atoms with Crippen LogP contribution < -0.4 is 0 Å². The molecule has 0 saturated carbocycles. The number of hydrogen-bond donors (Lipinski definition) is 1. The van der Waals surface area contributed by atoms with Crippen molar-refractivity contribution in [2.75, 3.05) is 0 Å². The molecule has 140 valence electrons. The minimum Gasteiger partial charge on any atom is -0.300 e. The van der Waals surface area contributed by atoms with Crippen LogP contribution in [-0.2, 0) is 0 Å². The second kappa shape index (κ2) is 8.16. The lowest BCUT2D eigenvalue weighted by Crippen LogP contribution is -2.20. The fraction of sp³-hybridized carbons (Fsp3) is 0.500. The zero-order valence-electron chi connectivity index (χ0n) is 17.6. The average Bonchev–Trinajstić information content (AvgIpc) is 2.55. The molecule has 0 unspecified atom stereocenters. The molecule has 0 bridgehead atoms. The molecule has 1 aliphatic carbocycles. The summed E-state index contributed by atoms with van der Waals surface area (Å²) in [5, 5.41) is 8.56. The van der Waals surface area contributed by atoms with Gasteiger partial charge in [-0.2, -0.15) is 0 Å². The first kappa shape index (κ1) is 20.4. The summed E-state index contributed by atoms with van der Waals surface area (Å²) in [6, 6.07) is 6.54. The molecular weight excluding hydrogens is 316 g/mol. The number of aliphatic imine (C=N–C) groups is 1. The molecule has 2 rings (SSSR count). The highest BCUT2D eigenvalue weighted by Crippen LogP contribution is 2.36. The number of nitrogens with zero attached hydrogens (tertiary/aromatic N) is 1. The Balaban J connectivity index is 2.69. The number of hydrogen-bond acceptors (Lipinski definition) is 2. The van der Waals surface area contributed by atoms with E-state index in [1.807, 2.05) is 0 Å². The van der Waals surface area contributed by atoms with Gasteiger partial charge in [0.25, 0.3) is 0 Å². The van der Waals surface area contributed by atoms with Crippen LogP contribution in [0.15, 0.2) is 46.5 Å². The third-order valence-electron chi connectivity index (χ3n) is 5.01. The lowest BCUT2D eigenvalue weighted by atomic mass is 9.83. The molecule has 0 fully saturated rings. The van der Waals surface area contributed by atoms with Gasteiger partial charge in [0, 0.05) is 0 Å². The summed E-state index contributed by atoms with van der Waals surface area (Å²) in [5.74, 6) is 1.49. The first-order valence-electron chi connectivity index (χ1n) is 9.87. The standard InChI is InChI=1S/C24H34N2/c1-14(2)19-10-9-11-20(15(3)4)24(19)26-18-12-21(16(5)6)23(25)22(13-18)17(7)8/h9-17,25H,1-8H3. The van der Waals surface area contributed by atoms with Crippen molar-refractivity contribution >= 4 is 17.1 Å². The van der Waals surface area contributed by atoms with Crippen molar-refractivity contribution in [3.05, 3.63) is 52.6 Å². The molecule has 0 radical (unpaired) electrons. The van der Waals surface area contributed by atoms with Gasteiger partial charge in [0.05, 0.1) is 17.1 Å². The molecule has 0 heterocycles. The second-order valence-electron chi connectivity index (χ2n) is 8.51. The van der Waals surface area contributed by atoms with Crippen molar-refractivity contribution in [1.29, 1.82) is 5.41 Å². The highest BCUT2D eigenvalue weighted by molar-refractivity contribution is 6.23. The molecule has 2 heteroatoms. The van der Waals surface area contributed by atoms with Crippen LogP contribution in [0.2, 0.25) is 0 Å². The van der Waals surface area contributed by atoms with Gasteiger partial charge >= 0.3 is 0 Å². The SMILES string of the molecule is CC(C)C1=CC(=Nc2c(C(C)C)cccc2C(C)C)C=C(C(C)C)C1=N. The number of benzene rings is 1. The van der Waals surface area contributed by atoms with Crippen molar-refractivity contribution in [1.82, 2.24) is 0 Å². The summed E-state index contributed by atoms with van der Waals surface area (Å²) in [7, 11) is 0. The van der Waals surface area contributed by atoms with Crippen LogP contribution in [0, 0.1) is 17.2 Å². The predicted molar refractivity (Wildman–Crippen MR) is 115 cm³/mol. The minimum atomic E-state index is 0.320. The van der Waals surface area contributed by atoms with Gasteiger partial charge in [-0.25, -0.2) is 4.99 Å². The number of nitrogens with one attached hydrogen (secondary N) is 1. The highest BCUT2D eigenvalue weighted by Gasteiger charge is 2.22. The first-order chi connectivity index (χ1) is 12.1. The van der Waals surface area contributed by atoms with Crippen molar-refractivity contribution in [2.24, 2.45) is 16.8 Å². The number of para-hydroxylation sites is 1. The van der Waals surface area contributed by atoms with Crippen LogP contribution in [0.1, 0.15) is 78.4 Å². The lowest BCUT2D eigenvalue weighted by Gasteiger charge is -2.23. The Morgan fingerprint density at radius 3 is 1.46 bits per heavy atom. The van der Waals surface area contributed by atoms with E-state index >= 15 is 0 Å². The Bertz CT molecular complexity index is 715. The quantitative estimate of drug-likeness (QED) is 0.545. The zero-order chi connectivity index (χ0) is 19.6. The Labute approximate surface area is 159 Å². The van der Waals surface area contributed by atoms with Crippen LogP contribution in [0.25, 0.3) is 0 Å². The van der Waals surface area contributed by atoms with Crippen LogP contribution in [-0.4, -0.2) is 11.4 Å². The maximum Gasteiger partial charge on any atom is 0.0706 e. The third kappa shape index (κ3) is 4.23. The second-order valence-corrected chi connectivity index (χ2v) is 8.51. The van der Waals surface area contributed by atoms with E-state index in [2.05, 4.69) is 85.7 Å². The smallest absolute Gasteiger partial charge is 0.0706 e. The largest absolute Gasteiger partial charge is 0.300 e. The summed E-state index contributed by atoms with van der Waals surface area (Å²) in [4.78, 5) is 5.13. The molecule has 1 aromatic carbocycles. The third-order valence-corrected chi connectivity index (χ3v) is 5.01. The van der Waals surface area contributed by atoms with E-state index in [1.165, 1.54) is 11.1 Å². The monoisotopic (exact) mass is 350 g/mol. The van der Waals surface area contributed by atoms with E-state index in [9.17, 15) is 0 Å². The topological polar surface area (TPSA) is 36.2 Å². The molecule has 0 spiro atoms. The van der Waals surface area contributed by atoms with E-state index in [1.54, 1.807) is 0 Å². The van der Waals surface area contributed by atoms with Gasteiger partial charge in [0.2, 0.25) is 0 Å². The number of rotatable bonds is 5. The molecule has 26 heavy (non-hydrogen) atoms. The van der Waals surface area contributed by atoms with Crippen molar-refractivity contribution in [3.8, 4) is 0 Å². The summed E-state index contributed by atoms with van der Waals surface area (Å²) in [6.45, 7) is 17.5. The summed E-state index contributed by atoms with van der Waals surface area (Å²) in [6.07, 6.45) is 4.22. The molecule has 0 aromatic heterocycles. The van der Waals surface area contributed by atoms with Gasteiger partial charge in [-0.1, -0.05) is 73.6 Å². The fourth-order valence-electron chi connectivity index (χ4n) is 3.42. The normalized spacial score (nSPS) is 15.2. The van der Waals surface area contributed by atoms with Crippen LogP contribution in [0.5, 0.6) is 0 Å². The van der Waals surface area contributed by atoms with E-state index in [0.717, 1.165) is 22.5 Å². The van der Waals surface area contributed by atoms with Gasteiger partial charge in [-0.15, -0.1) is 0 Å². The molecule has 0 aliphatic heterocycles. The maximum absolute atomic E-state index is 8.56. The molecule has 0 amide bonds. The molecule has 1 N–H and O–H groups in total.